The third kappa shape index (κ3) is 2.50. The first-order chi connectivity index (χ1) is 8.61. The van der Waals surface area contributed by atoms with E-state index >= 15 is 0 Å². The third-order valence-corrected chi connectivity index (χ3v) is 2.82. The van der Waals surface area contributed by atoms with Crippen molar-refractivity contribution < 1.29 is 9.13 Å². The van der Waals surface area contributed by atoms with Crippen molar-refractivity contribution in [3.8, 4) is 16.9 Å². The molecule has 0 N–H and O–H groups in total. The maximum Gasteiger partial charge on any atom is 0.145 e. The van der Waals surface area contributed by atoms with Crippen LogP contribution in [0.25, 0.3) is 11.1 Å². The van der Waals surface area contributed by atoms with E-state index < -0.39 is 0 Å². The predicted molar refractivity (Wildman–Crippen MR) is 70.3 cm³/mol. The number of halogens is 1. The van der Waals surface area contributed by atoms with Crippen molar-refractivity contribution >= 4 is 0 Å². The van der Waals surface area contributed by atoms with Gasteiger partial charge in [-0.15, -0.1) is 0 Å². The molecule has 94 valence electrons. The van der Waals surface area contributed by atoms with E-state index in [0.29, 0.717) is 5.69 Å². The maximum atomic E-state index is 13.9. The Morgan fingerprint density at radius 2 is 1.94 bits per heavy atom. The number of hydrogen-bond donors (Lipinski definition) is 0. The molecule has 2 rings (SSSR count). The average molecular weight is 245 g/mol. The number of methoxy groups -OCH3 is 1. The fraction of sp³-hybridized carbons (Fsp3) is 0.267. The molecule has 3 heteroatoms. The number of ether oxygens (including phenoxy) is 1. The van der Waals surface area contributed by atoms with Gasteiger partial charge in [0.15, 0.2) is 0 Å². The first-order valence-corrected chi connectivity index (χ1v) is 5.91. The third-order valence-electron chi connectivity index (χ3n) is 2.82. The van der Waals surface area contributed by atoms with Crippen LogP contribution in [0.15, 0.2) is 36.5 Å². The molecule has 1 heterocycles. The molecule has 0 saturated carbocycles. The van der Waals surface area contributed by atoms with E-state index in [9.17, 15) is 4.39 Å². The Labute approximate surface area is 106 Å². The summed E-state index contributed by atoms with van der Waals surface area (Å²) >= 11 is 0. The van der Waals surface area contributed by atoms with E-state index in [1.54, 1.807) is 13.3 Å². The summed E-state index contributed by atoms with van der Waals surface area (Å²) in [7, 11) is 1.61. The Morgan fingerprint density at radius 1 is 1.17 bits per heavy atom. The summed E-state index contributed by atoms with van der Waals surface area (Å²) in [5, 5.41) is 0. The number of pyridine rings is 1. The standard InChI is InChI=1S/C15H16FNO/c1-10(2)15-14(16)8-12(9-17-15)11-5-4-6-13(7-11)18-3/h4-10H,1-3H3. The monoisotopic (exact) mass is 245 g/mol. The minimum absolute atomic E-state index is 0.0874. The van der Waals surface area contributed by atoms with Crippen LogP contribution in [-0.2, 0) is 0 Å². The van der Waals surface area contributed by atoms with Gasteiger partial charge < -0.3 is 4.74 Å². The number of aromatic nitrogens is 1. The highest BCUT2D eigenvalue weighted by Crippen LogP contribution is 2.26. The number of nitrogens with zero attached hydrogens (tertiary/aromatic N) is 1. The second kappa shape index (κ2) is 5.17. The van der Waals surface area contributed by atoms with Crippen LogP contribution in [0.4, 0.5) is 4.39 Å². The maximum absolute atomic E-state index is 13.9. The second-order valence-corrected chi connectivity index (χ2v) is 4.48. The van der Waals surface area contributed by atoms with E-state index in [1.165, 1.54) is 6.07 Å². The molecule has 1 aromatic heterocycles. The zero-order valence-electron chi connectivity index (χ0n) is 10.8. The highest BCUT2D eigenvalue weighted by molar-refractivity contribution is 5.64. The fourth-order valence-electron chi connectivity index (χ4n) is 1.83. The number of benzene rings is 1. The molecule has 0 saturated heterocycles. The molecule has 0 aliphatic carbocycles. The van der Waals surface area contributed by atoms with Gasteiger partial charge in [-0.1, -0.05) is 26.0 Å². The molecule has 0 unspecified atom stereocenters. The van der Waals surface area contributed by atoms with Crippen LogP contribution in [0.1, 0.15) is 25.5 Å². The summed E-state index contributed by atoms with van der Waals surface area (Å²) in [6.45, 7) is 3.85. The lowest BCUT2D eigenvalue weighted by atomic mass is 10.0. The Balaban J connectivity index is 2.42. The molecule has 0 bridgehead atoms. The minimum Gasteiger partial charge on any atom is -0.497 e. The predicted octanol–water partition coefficient (Wildman–Crippen LogP) is 4.02. The van der Waals surface area contributed by atoms with E-state index in [-0.39, 0.29) is 11.7 Å². The molecule has 2 nitrogen and oxygen atoms in total. The summed E-state index contributed by atoms with van der Waals surface area (Å²) in [6, 6.07) is 9.04. The zero-order chi connectivity index (χ0) is 13.1. The summed E-state index contributed by atoms with van der Waals surface area (Å²) < 4.78 is 19.0. The quantitative estimate of drug-likeness (QED) is 0.814. The van der Waals surface area contributed by atoms with E-state index in [0.717, 1.165) is 16.9 Å². The van der Waals surface area contributed by atoms with Crippen molar-refractivity contribution in [1.82, 2.24) is 4.98 Å². The molecule has 0 fully saturated rings. The zero-order valence-corrected chi connectivity index (χ0v) is 10.8. The van der Waals surface area contributed by atoms with Gasteiger partial charge in [0.05, 0.1) is 12.8 Å². The van der Waals surface area contributed by atoms with Crippen LogP contribution in [0.3, 0.4) is 0 Å². The van der Waals surface area contributed by atoms with Gasteiger partial charge in [-0.05, 0) is 29.7 Å². The van der Waals surface area contributed by atoms with Gasteiger partial charge in [-0.2, -0.15) is 0 Å². The summed E-state index contributed by atoms with van der Waals surface area (Å²) in [5.41, 5.74) is 2.16. The number of rotatable bonds is 3. The molecule has 0 spiro atoms. The van der Waals surface area contributed by atoms with Crippen LogP contribution in [0.5, 0.6) is 5.75 Å². The lowest BCUT2D eigenvalue weighted by Gasteiger charge is -2.09. The van der Waals surface area contributed by atoms with Gasteiger partial charge in [-0.25, -0.2) is 4.39 Å². The lowest BCUT2D eigenvalue weighted by Crippen LogP contribution is -1.97. The minimum atomic E-state index is -0.259. The molecule has 18 heavy (non-hydrogen) atoms. The molecule has 0 aliphatic heterocycles. The van der Waals surface area contributed by atoms with Gasteiger partial charge in [-0.3, -0.25) is 4.98 Å². The topological polar surface area (TPSA) is 22.1 Å². The largest absolute Gasteiger partial charge is 0.497 e. The molecule has 1 aromatic carbocycles. The molecule has 0 aliphatic rings. The van der Waals surface area contributed by atoms with E-state index in [2.05, 4.69) is 4.98 Å². The second-order valence-electron chi connectivity index (χ2n) is 4.48. The van der Waals surface area contributed by atoms with E-state index in [4.69, 9.17) is 4.74 Å². The molecule has 0 atom stereocenters. The van der Waals surface area contributed by atoms with Crippen LogP contribution >= 0.6 is 0 Å². The van der Waals surface area contributed by atoms with Crippen molar-refractivity contribution in [2.75, 3.05) is 7.11 Å². The van der Waals surface area contributed by atoms with Crippen molar-refractivity contribution in [1.29, 1.82) is 0 Å². The normalized spacial score (nSPS) is 10.7. The molecule has 0 amide bonds. The van der Waals surface area contributed by atoms with Gasteiger partial charge in [0.2, 0.25) is 0 Å². The smallest absolute Gasteiger partial charge is 0.145 e. The molecule has 2 aromatic rings. The Hall–Kier alpha value is -1.90. The van der Waals surface area contributed by atoms with Crippen molar-refractivity contribution in [2.45, 2.75) is 19.8 Å². The van der Waals surface area contributed by atoms with Crippen LogP contribution < -0.4 is 4.74 Å². The van der Waals surface area contributed by atoms with E-state index in [1.807, 2.05) is 38.1 Å². The SMILES string of the molecule is COc1cccc(-c2cnc(C(C)C)c(F)c2)c1. The van der Waals surface area contributed by atoms with Gasteiger partial charge in [0.25, 0.3) is 0 Å². The van der Waals surface area contributed by atoms with Gasteiger partial charge >= 0.3 is 0 Å². The summed E-state index contributed by atoms with van der Waals surface area (Å²) in [4.78, 5) is 4.19. The average Bonchev–Trinajstić information content (AvgIpc) is 2.38. The Morgan fingerprint density at radius 3 is 2.56 bits per heavy atom. The van der Waals surface area contributed by atoms with Gasteiger partial charge in [0, 0.05) is 11.8 Å². The van der Waals surface area contributed by atoms with Crippen molar-refractivity contribution in [3.05, 3.63) is 48.0 Å². The lowest BCUT2D eigenvalue weighted by molar-refractivity contribution is 0.415. The fourth-order valence-corrected chi connectivity index (χ4v) is 1.83. The summed E-state index contributed by atoms with van der Waals surface area (Å²) in [6.07, 6.45) is 1.70. The van der Waals surface area contributed by atoms with Crippen LogP contribution in [0.2, 0.25) is 0 Å². The number of hydrogen-bond acceptors (Lipinski definition) is 2. The Bertz CT molecular complexity index is 552. The molecule has 0 radical (unpaired) electrons. The first kappa shape index (κ1) is 12.6. The Kier molecular flexibility index (Phi) is 3.60. The highest BCUT2D eigenvalue weighted by atomic mass is 19.1. The molecular weight excluding hydrogens is 229 g/mol. The van der Waals surface area contributed by atoms with Crippen molar-refractivity contribution in [2.24, 2.45) is 0 Å². The van der Waals surface area contributed by atoms with Crippen LogP contribution in [0, 0.1) is 5.82 Å². The molecular formula is C15H16FNO. The first-order valence-electron chi connectivity index (χ1n) is 5.91. The van der Waals surface area contributed by atoms with Gasteiger partial charge in [0.1, 0.15) is 11.6 Å². The van der Waals surface area contributed by atoms with Crippen molar-refractivity contribution in [3.63, 3.8) is 0 Å². The van der Waals surface area contributed by atoms with Crippen LogP contribution in [-0.4, -0.2) is 12.1 Å². The summed E-state index contributed by atoms with van der Waals surface area (Å²) in [5.74, 6) is 0.579. The highest BCUT2D eigenvalue weighted by Gasteiger charge is 2.10.